The van der Waals surface area contributed by atoms with Crippen LogP contribution in [0.25, 0.3) is 22.6 Å². The predicted molar refractivity (Wildman–Crippen MR) is 119 cm³/mol. The van der Waals surface area contributed by atoms with Gasteiger partial charge in [-0.3, -0.25) is 4.79 Å². The van der Waals surface area contributed by atoms with E-state index in [-0.39, 0.29) is 10.8 Å². The van der Waals surface area contributed by atoms with Crippen molar-refractivity contribution < 1.29 is 17.7 Å². The van der Waals surface area contributed by atoms with Crippen LogP contribution in [0, 0.1) is 6.92 Å². The van der Waals surface area contributed by atoms with Gasteiger partial charge in [-0.15, -0.1) is 11.3 Å². The summed E-state index contributed by atoms with van der Waals surface area (Å²) in [5, 5.41) is 14.7. The number of thiazole rings is 1. The second-order valence-electron chi connectivity index (χ2n) is 6.95. The number of rotatable bonds is 7. The fourth-order valence-corrected chi connectivity index (χ4v) is 4.13. The van der Waals surface area contributed by atoms with Gasteiger partial charge in [0.2, 0.25) is 15.8 Å². The van der Waals surface area contributed by atoms with E-state index in [4.69, 9.17) is 9.66 Å². The average molecular weight is 470 g/mol. The smallest absolute Gasteiger partial charge is 0.316 e. The molecule has 0 aliphatic rings. The molecule has 0 radical (unpaired) electrons. The van der Waals surface area contributed by atoms with Crippen LogP contribution in [0.4, 0.5) is 0 Å². The monoisotopic (exact) mass is 469 g/mol. The Hall–Kier alpha value is -3.41. The number of primary sulfonamides is 1. The number of hydrogen-bond donors (Lipinski definition) is 2. The van der Waals surface area contributed by atoms with E-state index in [1.165, 1.54) is 12.1 Å². The van der Waals surface area contributed by atoms with Gasteiger partial charge in [0.25, 0.3) is 0 Å². The van der Waals surface area contributed by atoms with Crippen molar-refractivity contribution in [3.8, 4) is 22.6 Å². The predicted octanol–water partition coefficient (Wildman–Crippen LogP) is 2.79. The quantitative estimate of drug-likeness (QED) is 0.424. The van der Waals surface area contributed by atoms with Crippen LogP contribution in [0.15, 0.2) is 63.3 Å². The molecule has 0 fully saturated rings. The zero-order valence-electron chi connectivity index (χ0n) is 17.0. The normalized spacial score (nSPS) is 11.4. The molecule has 0 saturated heterocycles. The molecular weight excluding hydrogens is 450 g/mol. The Morgan fingerprint density at radius 2 is 1.88 bits per heavy atom. The minimum Gasteiger partial charge on any atom is -0.347 e. The first-order chi connectivity index (χ1) is 15.3. The van der Waals surface area contributed by atoms with Crippen molar-refractivity contribution in [2.24, 2.45) is 5.14 Å². The molecule has 2 aromatic heterocycles. The number of carbonyl (C=O) groups excluding carboxylic acids is 1. The number of hydrogen-bond acceptors (Lipinski definition) is 8. The third-order valence-corrected chi connectivity index (χ3v) is 6.31. The second kappa shape index (κ2) is 8.99. The van der Waals surface area contributed by atoms with Gasteiger partial charge in [-0.05, 0) is 37.1 Å². The molecule has 4 aromatic rings. The Labute approximate surface area is 188 Å². The average Bonchev–Trinajstić information content (AvgIpc) is 3.43. The maximum absolute atomic E-state index is 12.3. The van der Waals surface area contributed by atoms with E-state index in [1.807, 2.05) is 36.6 Å². The van der Waals surface area contributed by atoms with Gasteiger partial charge in [0, 0.05) is 23.1 Å². The maximum Gasteiger partial charge on any atom is 0.316 e. The van der Waals surface area contributed by atoms with Crippen molar-refractivity contribution in [1.82, 2.24) is 20.4 Å². The summed E-state index contributed by atoms with van der Waals surface area (Å²) >= 11 is 1.57. The lowest BCUT2D eigenvalue weighted by molar-refractivity contribution is 0.0910. The topological polar surface area (TPSA) is 141 Å². The van der Waals surface area contributed by atoms with E-state index in [2.05, 4.69) is 20.4 Å². The standard InChI is InChI=1S/C21H19N5O4S2/c1-13-24-18(12-31-13)15-3-2-4-16(11-15)19-25-21(30-26-19)20(27)23-10-9-14-5-7-17(8-6-14)32(22,28)29/h2-8,11-12H,9-10H2,1H3,(H,23,27)(H2,22,28,29). The van der Waals surface area contributed by atoms with Gasteiger partial charge >= 0.3 is 11.8 Å². The summed E-state index contributed by atoms with van der Waals surface area (Å²) < 4.78 is 27.7. The number of sulfonamides is 1. The molecule has 4 rings (SSSR count). The minimum absolute atomic E-state index is 0.0395. The highest BCUT2D eigenvalue weighted by atomic mass is 32.2. The zero-order valence-corrected chi connectivity index (χ0v) is 18.6. The maximum atomic E-state index is 12.3. The van der Waals surface area contributed by atoms with Crippen LogP contribution in [0.3, 0.4) is 0 Å². The number of benzene rings is 2. The van der Waals surface area contributed by atoms with Crippen molar-refractivity contribution in [3.05, 3.63) is 70.4 Å². The van der Waals surface area contributed by atoms with Gasteiger partial charge in [-0.1, -0.05) is 35.5 Å². The van der Waals surface area contributed by atoms with Crippen molar-refractivity contribution >= 4 is 27.3 Å². The molecule has 0 saturated carbocycles. The summed E-state index contributed by atoms with van der Waals surface area (Å²) in [6.07, 6.45) is 0.493. The highest BCUT2D eigenvalue weighted by Gasteiger charge is 2.16. The zero-order chi connectivity index (χ0) is 22.7. The number of amides is 1. The first-order valence-electron chi connectivity index (χ1n) is 9.56. The Morgan fingerprint density at radius 3 is 2.56 bits per heavy atom. The Morgan fingerprint density at radius 1 is 1.12 bits per heavy atom. The Balaban J connectivity index is 1.38. The molecule has 164 valence electrons. The molecule has 32 heavy (non-hydrogen) atoms. The van der Waals surface area contributed by atoms with Gasteiger partial charge in [-0.2, -0.15) is 4.98 Å². The summed E-state index contributed by atoms with van der Waals surface area (Å²) in [5.41, 5.74) is 3.35. The van der Waals surface area contributed by atoms with Crippen molar-refractivity contribution in [2.75, 3.05) is 6.54 Å². The molecule has 9 nitrogen and oxygen atoms in total. The third kappa shape index (κ3) is 5.07. The number of aryl methyl sites for hydroxylation is 1. The van der Waals surface area contributed by atoms with Gasteiger partial charge < -0.3 is 9.84 Å². The lowest BCUT2D eigenvalue weighted by Gasteiger charge is -2.04. The summed E-state index contributed by atoms with van der Waals surface area (Å²) in [6, 6.07) is 13.7. The van der Waals surface area contributed by atoms with Crippen LogP contribution < -0.4 is 10.5 Å². The van der Waals surface area contributed by atoms with E-state index >= 15 is 0 Å². The van der Waals surface area contributed by atoms with E-state index in [0.717, 1.165) is 21.8 Å². The van der Waals surface area contributed by atoms with Gasteiger partial charge in [-0.25, -0.2) is 18.5 Å². The van der Waals surface area contributed by atoms with Gasteiger partial charge in [0.15, 0.2) is 0 Å². The lowest BCUT2D eigenvalue weighted by atomic mass is 10.1. The summed E-state index contributed by atoms with van der Waals surface area (Å²) in [6.45, 7) is 2.26. The third-order valence-electron chi connectivity index (χ3n) is 4.61. The van der Waals surface area contributed by atoms with Crippen molar-refractivity contribution in [2.45, 2.75) is 18.2 Å². The Bertz CT molecular complexity index is 1360. The van der Waals surface area contributed by atoms with Gasteiger partial charge in [0.05, 0.1) is 15.6 Å². The summed E-state index contributed by atoms with van der Waals surface area (Å²) in [7, 11) is -3.73. The fraction of sp³-hybridized carbons (Fsp3) is 0.143. The van der Waals surface area contributed by atoms with E-state index in [0.29, 0.717) is 24.4 Å². The SMILES string of the molecule is Cc1nc(-c2cccc(-c3noc(C(=O)NCCc4ccc(S(N)(=O)=O)cc4)n3)c2)cs1. The number of carbonyl (C=O) groups is 1. The Kier molecular flexibility index (Phi) is 6.12. The highest BCUT2D eigenvalue weighted by Crippen LogP contribution is 2.26. The first kappa shape index (κ1) is 21.8. The number of nitrogens with zero attached hydrogens (tertiary/aromatic N) is 3. The molecule has 2 aromatic carbocycles. The molecule has 3 N–H and O–H groups in total. The number of nitrogens with one attached hydrogen (secondary N) is 1. The van der Waals surface area contributed by atoms with E-state index in [9.17, 15) is 13.2 Å². The number of aromatic nitrogens is 3. The molecule has 0 spiro atoms. The molecule has 0 aliphatic carbocycles. The van der Waals surface area contributed by atoms with Crippen LogP contribution in [-0.4, -0.2) is 36.0 Å². The molecule has 1 amide bonds. The minimum atomic E-state index is -3.73. The largest absolute Gasteiger partial charge is 0.347 e. The van der Waals surface area contributed by atoms with E-state index < -0.39 is 15.9 Å². The summed E-state index contributed by atoms with van der Waals surface area (Å²) in [5.74, 6) is -0.321. The van der Waals surface area contributed by atoms with Crippen LogP contribution in [0.5, 0.6) is 0 Å². The molecule has 0 atom stereocenters. The van der Waals surface area contributed by atoms with Crippen molar-refractivity contribution in [1.29, 1.82) is 0 Å². The molecule has 2 heterocycles. The van der Waals surface area contributed by atoms with E-state index in [1.54, 1.807) is 23.5 Å². The molecular formula is C21H19N5O4S2. The van der Waals surface area contributed by atoms with Crippen LogP contribution in [0.1, 0.15) is 21.3 Å². The molecule has 0 bridgehead atoms. The highest BCUT2D eigenvalue weighted by molar-refractivity contribution is 7.89. The van der Waals surface area contributed by atoms with Crippen LogP contribution in [-0.2, 0) is 16.4 Å². The van der Waals surface area contributed by atoms with Crippen LogP contribution in [0.2, 0.25) is 0 Å². The molecule has 0 aliphatic heterocycles. The summed E-state index contributed by atoms with van der Waals surface area (Å²) in [4.78, 5) is 21.1. The molecule has 0 unspecified atom stereocenters. The molecule has 11 heteroatoms. The van der Waals surface area contributed by atoms with Crippen LogP contribution >= 0.6 is 11.3 Å². The van der Waals surface area contributed by atoms with Gasteiger partial charge in [0.1, 0.15) is 0 Å². The number of nitrogens with two attached hydrogens (primary N) is 1. The lowest BCUT2D eigenvalue weighted by Crippen LogP contribution is -2.26. The second-order valence-corrected chi connectivity index (χ2v) is 9.57. The fourth-order valence-electron chi connectivity index (χ4n) is 2.99. The van der Waals surface area contributed by atoms with Crippen molar-refractivity contribution in [3.63, 3.8) is 0 Å². The first-order valence-corrected chi connectivity index (χ1v) is 12.0.